The van der Waals surface area contributed by atoms with E-state index in [-0.39, 0.29) is 16.8 Å². The predicted octanol–water partition coefficient (Wildman–Crippen LogP) is 1.83. The number of para-hydroxylation sites is 1. The van der Waals surface area contributed by atoms with Crippen molar-refractivity contribution in [3.63, 3.8) is 0 Å². The molecule has 0 amide bonds. The van der Waals surface area contributed by atoms with Crippen LogP contribution in [0.3, 0.4) is 0 Å². The molecule has 0 aliphatic carbocycles. The van der Waals surface area contributed by atoms with E-state index in [2.05, 4.69) is 10.2 Å². The van der Waals surface area contributed by atoms with E-state index in [0.717, 1.165) is 6.07 Å². The van der Waals surface area contributed by atoms with Gasteiger partial charge in [-0.1, -0.05) is 24.3 Å². The SMILES string of the molecule is O=[B-](O)c1cccc(N=Nc2cccc([N+](=O)[O-])c2O)c1. The molecule has 0 aliphatic heterocycles. The lowest BCUT2D eigenvalue weighted by atomic mass is 9.85. The third kappa shape index (κ3) is 3.27. The molecule has 2 rings (SSSR count). The lowest BCUT2D eigenvalue weighted by Gasteiger charge is -2.03. The van der Waals surface area contributed by atoms with Crippen molar-refractivity contribution in [3.8, 4) is 5.75 Å². The number of phenols is 1. The Balaban J connectivity index is 2.34. The quantitative estimate of drug-likeness (QED) is 0.384. The fourth-order valence-electron chi connectivity index (χ4n) is 1.60. The van der Waals surface area contributed by atoms with E-state index < -0.39 is 23.1 Å². The van der Waals surface area contributed by atoms with Crippen LogP contribution in [0, 0.1) is 10.1 Å². The van der Waals surface area contributed by atoms with Crippen molar-refractivity contribution in [1.29, 1.82) is 0 Å². The number of nitro groups is 1. The highest BCUT2D eigenvalue weighted by Crippen LogP contribution is 2.36. The smallest absolute Gasteiger partial charge is 0.313 e. The van der Waals surface area contributed by atoms with Crippen molar-refractivity contribution in [2.24, 2.45) is 10.2 Å². The summed E-state index contributed by atoms with van der Waals surface area (Å²) in [7, 11) is 0. The maximum atomic E-state index is 10.9. The number of aromatic hydroxyl groups is 1. The molecule has 0 saturated heterocycles. The van der Waals surface area contributed by atoms with Crippen molar-refractivity contribution >= 4 is 29.3 Å². The maximum absolute atomic E-state index is 10.9. The van der Waals surface area contributed by atoms with Crippen molar-refractivity contribution in [2.45, 2.75) is 0 Å². The second-order valence-electron chi connectivity index (χ2n) is 4.05. The highest BCUT2D eigenvalue weighted by molar-refractivity contribution is 6.52. The summed E-state index contributed by atoms with van der Waals surface area (Å²) in [4.78, 5) is 9.95. The largest absolute Gasteiger partial charge is 0.734 e. The van der Waals surface area contributed by atoms with E-state index >= 15 is 0 Å². The van der Waals surface area contributed by atoms with E-state index in [1.165, 1.54) is 36.4 Å². The third-order valence-electron chi connectivity index (χ3n) is 2.62. The van der Waals surface area contributed by atoms with Crippen LogP contribution in [-0.2, 0) is 4.70 Å². The lowest BCUT2D eigenvalue weighted by Crippen LogP contribution is -2.19. The lowest BCUT2D eigenvalue weighted by molar-refractivity contribution is -0.385. The summed E-state index contributed by atoms with van der Waals surface area (Å²) in [6.07, 6.45) is 0. The van der Waals surface area contributed by atoms with Crippen LogP contribution in [0.5, 0.6) is 5.75 Å². The van der Waals surface area contributed by atoms with E-state index in [1.807, 2.05) is 0 Å². The van der Waals surface area contributed by atoms with Gasteiger partial charge in [0.1, 0.15) is 5.69 Å². The Bertz CT molecular complexity index is 747. The van der Waals surface area contributed by atoms with Gasteiger partial charge in [-0.25, -0.2) is 0 Å². The molecule has 21 heavy (non-hydrogen) atoms. The fourth-order valence-corrected chi connectivity index (χ4v) is 1.60. The summed E-state index contributed by atoms with van der Waals surface area (Å²) in [5.41, 5.74) is -0.157. The molecule has 0 heterocycles. The molecule has 2 aromatic rings. The molecule has 0 spiro atoms. The second kappa shape index (κ2) is 5.91. The number of rotatable bonds is 4. The second-order valence-corrected chi connectivity index (χ2v) is 4.05. The van der Waals surface area contributed by atoms with Crippen LogP contribution in [0.15, 0.2) is 52.7 Å². The number of phenolic OH excluding ortho intramolecular Hbond substituents is 1. The van der Waals surface area contributed by atoms with Crippen LogP contribution in [0.1, 0.15) is 0 Å². The average molecular weight is 286 g/mol. The Labute approximate surface area is 118 Å². The Morgan fingerprint density at radius 3 is 2.52 bits per heavy atom. The number of benzene rings is 2. The topological polar surface area (TPSA) is 125 Å². The minimum Gasteiger partial charge on any atom is -0.734 e. The molecule has 2 N–H and O–H groups in total. The standard InChI is InChI=1S/C12H9BN3O5/c17-12-10(5-2-6-11(12)16(20)21)15-14-9-4-1-3-8(7-9)13(18)19/h1-7,17-18H/q-1. The molecule has 2 aromatic carbocycles. The third-order valence-corrected chi connectivity index (χ3v) is 2.62. The minimum absolute atomic E-state index is 0.0720. The van der Waals surface area contributed by atoms with E-state index in [4.69, 9.17) is 5.02 Å². The molecule has 8 nitrogen and oxygen atoms in total. The molecule has 0 fully saturated rings. The molecule has 0 saturated carbocycles. The van der Waals surface area contributed by atoms with Gasteiger partial charge in [-0.3, -0.25) is 10.1 Å². The summed E-state index contributed by atoms with van der Waals surface area (Å²) >= 11 is 0. The van der Waals surface area contributed by atoms with Gasteiger partial charge < -0.3 is 14.8 Å². The van der Waals surface area contributed by atoms with Crippen LogP contribution in [0.25, 0.3) is 0 Å². The Morgan fingerprint density at radius 1 is 1.14 bits per heavy atom. The zero-order valence-corrected chi connectivity index (χ0v) is 10.6. The summed E-state index contributed by atoms with van der Waals surface area (Å²) in [5.74, 6) is -0.591. The van der Waals surface area contributed by atoms with Crippen molar-refractivity contribution in [2.75, 3.05) is 0 Å². The van der Waals surface area contributed by atoms with Gasteiger partial charge >= 0.3 is 12.5 Å². The Kier molecular flexibility index (Phi) is 4.03. The van der Waals surface area contributed by atoms with Gasteiger partial charge in [0.15, 0.2) is 0 Å². The number of hydrogen-bond donors (Lipinski definition) is 2. The molecule has 106 valence electrons. The fraction of sp³-hybridized carbons (Fsp3) is 0. The molecule has 0 aliphatic rings. The number of nitrogens with zero attached hydrogens (tertiary/aromatic N) is 3. The van der Waals surface area contributed by atoms with Crippen molar-refractivity contribution in [3.05, 3.63) is 52.6 Å². The van der Waals surface area contributed by atoms with E-state index in [1.54, 1.807) is 0 Å². The molecular weight excluding hydrogens is 277 g/mol. The van der Waals surface area contributed by atoms with Crippen LogP contribution >= 0.6 is 0 Å². The zero-order chi connectivity index (χ0) is 15.4. The van der Waals surface area contributed by atoms with Gasteiger partial charge in [0.25, 0.3) is 0 Å². The molecule has 9 heteroatoms. The van der Waals surface area contributed by atoms with Gasteiger partial charge in [-0.15, -0.1) is 10.6 Å². The highest BCUT2D eigenvalue weighted by Gasteiger charge is 2.16. The van der Waals surface area contributed by atoms with Gasteiger partial charge in [0, 0.05) is 6.07 Å². The van der Waals surface area contributed by atoms with Gasteiger partial charge in [0.2, 0.25) is 5.75 Å². The van der Waals surface area contributed by atoms with Gasteiger partial charge in [-0.2, -0.15) is 5.11 Å². The first-order valence-electron chi connectivity index (χ1n) is 5.81. The maximum Gasteiger partial charge on any atom is 0.313 e. The number of azo groups is 1. The molecular formula is C12H9BN3O5-. The van der Waals surface area contributed by atoms with Crippen molar-refractivity contribution in [1.82, 2.24) is 0 Å². The van der Waals surface area contributed by atoms with Crippen LogP contribution in [-0.4, -0.2) is 21.8 Å². The first-order chi connectivity index (χ1) is 9.99. The number of nitro benzene ring substituents is 1. The normalized spacial score (nSPS) is 10.7. The molecule has 0 bridgehead atoms. The first kappa shape index (κ1) is 14.3. The first-order valence-corrected chi connectivity index (χ1v) is 5.81. The average Bonchev–Trinajstić information content (AvgIpc) is 2.46. The van der Waals surface area contributed by atoms with E-state index in [9.17, 15) is 19.9 Å². The minimum atomic E-state index is -1.88. The van der Waals surface area contributed by atoms with Crippen molar-refractivity contribution < 1.29 is 19.8 Å². The van der Waals surface area contributed by atoms with Crippen LogP contribution in [0.4, 0.5) is 17.1 Å². The summed E-state index contributed by atoms with van der Waals surface area (Å²) in [5, 5.41) is 36.8. The van der Waals surface area contributed by atoms with Gasteiger partial charge in [-0.05, 0) is 12.1 Å². The molecule has 0 atom stereocenters. The van der Waals surface area contributed by atoms with Crippen LogP contribution in [0.2, 0.25) is 0 Å². The molecule has 0 aromatic heterocycles. The van der Waals surface area contributed by atoms with E-state index in [0.29, 0.717) is 0 Å². The summed E-state index contributed by atoms with van der Waals surface area (Å²) < 4.78 is 10.9. The molecule has 0 unspecified atom stereocenters. The molecule has 0 radical (unpaired) electrons. The predicted molar refractivity (Wildman–Crippen MR) is 73.7 cm³/mol. The number of hydrogen-bond acceptors (Lipinski definition) is 6. The summed E-state index contributed by atoms with van der Waals surface area (Å²) in [6, 6.07) is 9.67. The zero-order valence-electron chi connectivity index (χ0n) is 10.6. The van der Waals surface area contributed by atoms with Crippen LogP contribution < -0.4 is 5.46 Å². The Morgan fingerprint density at radius 2 is 1.86 bits per heavy atom. The highest BCUT2D eigenvalue weighted by atomic mass is 16.6. The Hall–Kier alpha value is -3.10. The summed E-state index contributed by atoms with van der Waals surface area (Å²) in [6.45, 7) is -1.88. The van der Waals surface area contributed by atoms with Gasteiger partial charge in [0.05, 0.1) is 10.6 Å². The monoisotopic (exact) mass is 286 g/mol.